The van der Waals surface area contributed by atoms with E-state index in [1.807, 2.05) is 50.2 Å². The molecule has 1 aromatic heterocycles. The third-order valence-electron chi connectivity index (χ3n) is 3.61. The normalized spacial score (nSPS) is 11.6. The summed E-state index contributed by atoms with van der Waals surface area (Å²) in [6.45, 7) is 3.88. The zero-order valence-electron chi connectivity index (χ0n) is 14.0. The Balaban J connectivity index is 1.95. The number of nitrogens with one attached hydrogen (secondary N) is 1. The number of carbonyl (C=O) groups excluding carboxylic acids is 2. The predicted molar refractivity (Wildman–Crippen MR) is 87.5 cm³/mol. The van der Waals surface area contributed by atoms with E-state index in [2.05, 4.69) is 5.32 Å². The lowest BCUT2D eigenvalue weighted by Gasteiger charge is -2.15. The van der Waals surface area contributed by atoms with Gasteiger partial charge in [-0.15, -0.1) is 0 Å². The van der Waals surface area contributed by atoms with Crippen molar-refractivity contribution in [3.63, 3.8) is 0 Å². The standard InChI is InChI=1S/C18H21NO5/c1-12-9-15(24-13(12)2)10-16(17(20)22-3)19-18(21)23-11-14-7-5-4-6-8-14/h4-9,16H,10-11H2,1-3H3,(H,19,21). The second kappa shape index (κ2) is 8.19. The minimum Gasteiger partial charge on any atom is -0.467 e. The summed E-state index contributed by atoms with van der Waals surface area (Å²) < 4.78 is 15.4. The summed E-state index contributed by atoms with van der Waals surface area (Å²) in [7, 11) is 1.27. The molecule has 1 atom stereocenters. The van der Waals surface area contributed by atoms with Gasteiger partial charge in [0.2, 0.25) is 0 Å². The van der Waals surface area contributed by atoms with Gasteiger partial charge in [0.05, 0.1) is 7.11 Å². The van der Waals surface area contributed by atoms with Gasteiger partial charge >= 0.3 is 12.1 Å². The number of rotatable bonds is 6. The first-order valence-electron chi connectivity index (χ1n) is 7.60. The molecule has 1 amide bonds. The Kier molecular flexibility index (Phi) is 6.01. The lowest BCUT2D eigenvalue weighted by Crippen LogP contribution is -2.43. The van der Waals surface area contributed by atoms with Gasteiger partial charge in [0.15, 0.2) is 0 Å². The number of aryl methyl sites for hydroxylation is 2. The second-order valence-electron chi connectivity index (χ2n) is 5.44. The maximum absolute atomic E-state index is 11.9. The molecule has 128 valence electrons. The Bertz CT molecular complexity index is 673. The highest BCUT2D eigenvalue weighted by atomic mass is 16.6. The van der Waals surface area contributed by atoms with E-state index in [1.54, 1.807) is 0 Å². The Morgan fingerprint density at radius 3 is 2.50 bits per heavy atom. The van der Waals surface area contributed by atoms with E-state index in [-0.39, 0.29) is 13.0 Å². The number of furan rings is 1. The fourth-order valence-corrected chi connectivity index (χ4v) is 2.19. The maximum Gasteiger partial charge on any atom is 0.408 e. The lowest BCUT2D eigenvalue weighted by atomic mass is 10.1. The highest BCUT2D eigenvalue weighted by Crippen LogP contribution is 2.15. The zero-order chi connectivity index (χ0) is 17.5. The number of amides is 1. The number of carbonyl (C=O) groups is 2. The summed E-state index contributed by atoms with van der Waals surface area (Å²) in [5, 5.41) is 2.52. The monoisotopic (exact) mass is 331 g/mol. The van der Waals surface area contributed by atoms with Crippen LogP contribution in [0.25, 0.3) is 0 Å². The number of esters is 1. The lowest BCUT2D eigenvalue weighted by molar-refractivity contribution is -0.143. The van der Waals surface area contributed by atoms with E-state index in [9.17, 15) is 9.59 Å². The smallest absolute Gasteiger partial charge is 0.408 e. The van der Waals surface area contributed by atoms with Crippen molar-refractivity contribution >= 4 is 12.1 Å². The van der Waals surface area contributed by atoms with Crippen molar-refractivity contribution in [2.75, 3.05) is 7.11 Å². The summed E-state index contributed by atoms with van der Waals surface area (Å²) >= 11 is 0. The number of ether oxygens (including phenoxy) is 2. The second-order valence-corrected chi connectivity index (χ2v) is 5.44. The Morgan fingerprint density at radius 1 is 1.21 bits per heavy atom. The van der Waals surface area contributed by atoms with Crippen LogP contribution in [0.3, 0.4) is 0 Å². The molecule has 0 fully saturated rings. The molecule has 24 heavy (non-hydrogen) atoms. The summed E-state index contributed by atoms with van der Waals surface area (Å²) in [4.78, 5) is 23.8. The van der Waals surface area contributed by atoms with Crippen molar-refractivity contribution in [2.24, 2.45) is 0 Å². The van der Waals surface area contributed by atoms with Crippen molar-refractivity contribution in [3.8, 4) is 0 Å². The van der Waals surface area contributed by atoms with Crippen molar-refractivity contribution in [2.45, 2.75) is 32.9 Å². The molecule has 0 saturated carbocycles. The molecule has 6 heteroatoms. The zero-order valence-corrected chi connectivity index (χ0v) is 14.0. The summed E-state index contributed by atoms with van der Waals surface area (Å²) in [6, 6.07) is 10.2. The molecule has 1 N–H and O–H groups in total. The van der Waals surface area contributed by atoms with Crippen LogP contribution in [-0.2, 0) is 27.3 Å². The first kappa shape index (κ1) is 17.6. The summed E-state index contributed by atoms with van der Waals surface area (Å²) in [5.74, 6) is 0.822. The van der Waals surface area contributed by atoms with Crippen LogP contribution in [0.5, 0.6) is 0 Å². The molecule has 0 aliphatic rings. The highest BCUT2D eigenvalue weighted by molar-refractivity contribution is 5.81. The van der Waals surface area contributed by atoms with Crippen LogP contribution in [-0.4, -0.2) is 25.2 Å². The Morgan fingerprint density at radius 2 is 1.92 bits per heavy atom. The van der Waals surface area contributed by atoms with E-state index in [1.165, 1.54) is 7.11 Å². The Hall–Kier alpha value is -2.76. The van der Waals surface area contributed by atoms with Crippen molar-refractivity contribution in [3.05, 3.63) is 59.0 Å². The van der Waals surface area contributed by atoms with Crippen LogP contribution in [0, 0.1) is 13.8 Å². The van der Waals surface area contributed by atoms with E-state index in [4.69, 9.17) is 13.9 Å². The number of benzene rings is 1. The molecule has 0 bridgehead atoms. The SMILES string of the molecule is COC(=O)C(Cc1cc(C)c(C)o1)NC(=O)OCc1ccccc1. The van der Waals surface area contributed by atoms with Gasteiger partial charge in [0, 0.05) is 6.42 Å². The Labute approximate surface area is 140 Å². The number of methoxy groups -OCH3 is 1. The molecule has 1 aromatic carbocycles. The maximum atomic E-state index is 11.9. The van der Waals surface area contributed by atoms with E-state index >= 15 is 0 Å². The fraction of sp³-hybridized carbons (Fsp3) is 0.333. The highest BCUT2D eigenvalue weighted by Gasteiger charge is 2.24. The minimum absolute atomic E-state index is 0.125. The quantitative estimate of drug-likeness (QED) is 0.824. The largest absolute Gasteiger partial charge is 0.467 e. The number of hydrogen-bond acceptors (Lipinski definition) is 5. The van der Waals surface area contributed by atoms with Gasteiger partial charge in [0.1, 0.15) is 24.2 Å². The molecule has 2 rings (SSSR count). The summed E-state index contributed by atoms with van der Waals surface area (Å²) in [6.07, 6.45) is -0.490. The fourth-order valence-electron chi connectivity index (χ4n) is 2.19. The molecule has 0 aliphatic heterocycles. The van der Waals surface area contributed by atoms with Crippen molar-refractivity contribution in [1.82, 2.24) is 5.32 Å². The first-order valence-corrected chi connectivity index (χ1v) is 7.60. The molecule has 6 nitrogen and oxygen atoms in total. The van der Waals surface area contributed by atoms with Gasteiger partial charge in [-0.1, -0.05) is 30.3 Å². The molecule has 0 aliphatic carbocycles. The third-order valence-corrected chi connectivity index (χ3v) is 3.61. The topological polar surface area (TPSA) is 77.8 Å². The number of hydrogen-bond donors (Lipinski definition) is 1. The molecule has 0 radical (unpaired) electrons. The molecule has 0 spiro atoms. The molecular formula is C18H21NO5. The molecular weight excluding hydrogens is 310 g/mol. The van der Waals surface area contributed by atoms with Crippen LogP contribution in [0.15, 0.2) is 40.8 Å². The van der Waals surface area contributed by atoms with Crippen LogP contribution in [0.2, 0.25) is 0 Å². The molecule has 2 aromatic rings. The minimum atomic E-state index is -0.872. The molecule has 0 saturated heterocycles. The van der Waals surface area contributed by atoms with Crippen LogP contribution in [0.4, 0.5) is 4.79 Å². The van der Waals surface area contributed by atoms with Gasteiger partial charge in [-0.3, -0.25) is 0 Å². The van der Waals surface area contributed by atoms with Crippen LogP contribution in [0.1, 0.15) is 22.6 Å². The van der Waals surface area contributed by atoms with Gasteiger partial charge in [-0.2, -0.15) is 0 Å². The third kappa shape index (κ3) is 4.87. The average molecular weight is 331 g/mol. The van der Waals surface area contributed by atoms with Gasteiger partial charge in [-0.25, -0.2) is 9.59 Å². The summed E-state index contributed by atoms with van der Waals surface area (Å²) in [5.41, 5.74) is 1.85. The predicted octanol–water partition coefficient (Wildman–Crippen LogP) is 2.91. The number of alkyl carbamates (subject to hydrolysis) is 1. The van der Waals surface area contributed by atoms with Crippen LogP contribution >= 0.6 is 0 Å². The van der Waals surface area contributed by atoms with Crippen LogP contribution < -0.4 is 5.32 Å². The average Bonchev–Trinajstić information content (AvgIpc) is 2.90. The van der Waals surface area contributed by atoms with Gasteiger partial charge in [0.25, 0.3) is 0 Å². The molecule has 1 heterocycles. The molecule has 1 unspecified atom stereocenters. The van der Waals surface area contributed by atoms with E-state index in [0.29, 0.717) is 5.76 Å². The van der Waals surface area contributed by atoms with Crippen molar-refractivity contribution < 1.29 is 23.5 Å². The van der Waals surface area contributed by atoms with E-state index < -0.39 is 18.1 Å². The van der Waals surface area contributed by atoms with Gasteiger partial charge in [-0.05, 0) is 31.0 Å². The van der Waals surface area contributed by atoms with Gasteiger partial charge < -0.3 is 19.2 Å². The first-order chi connectivity index (χ1) is 11.5. The van der Waals surface area contributed by atoms with Crippen molar-refractivity contribution in [1.29, 1.82) is 0 Å². The van der Waals surface area contributed by atoms with E-state index in [0.717, 1.165) is 16.9 Å².